The Balaban J connectivity index is 2.89. The molecule has 0 saturated carbocycles. The van der Waals surface area contributed by atoms with Crippen LogP contribution in [0.1, 0.15) is 20.3 Å². The Hall–Kier alpha value is -0.590. The first-order chi connectivity index (χ1) is 7.89. The van der Waals surface area contributed by atoms with Crippen molar-refractivity contribution in [2.24, 2.45) is 0 Å². The fourth-order valence-electron chi connectivity index (χ4n) is 1.27. The molecule has 0 aliphatic rings. The molecule has 0 N–H and O–H groups in total. The Kier molecular flexibility index (Phi) is 4.97. The Morgan fingerprint density at radius 2 is 2.18 bits per heavy atom. The van der Waals surface area contributed by atoms with Crippen molar-refractivity contribution in [3.63, 3.8) is 0 Å². The summed E-state index contributed by atoms with van der Waals surface area (Å²) in [6, 6.07) is -0.0776. The molecule has 1 aromatic heterocycles. The zero-order valence-electron chi connectivity index (χ0n) is 10.3. The summed E-state index contributed by atoms with van der Waals surface area (Å²) in [5, 5.41) is 4.01. The van der Waals surface area contributed by atoms with Crippen LogP contribution in [0.2, 0.25) is 0 Å². The molecule has 17 heavy (non-hydrogen) atoms. The van der Waals surface area contributed by atoms with Crippen LogP contribution in [0.15, 0.2) is 17.3 Å². The number of alkyl halides is 1. The fourth-order valence-corrected chi connectivity index (χ4v) is 2.71. The number of rotatable bonds is 6. The van der Waals surface area contributed by atoms with E-state index in [1.54, 1.807) is 17.9 Å². The summed E-state index contributed by atoms with van der Waals surface area (Å²) in [6.45, 7) is 4.29. The highest BCUT2D eigenvalue weighted by atomic mass is 35.5. The van der Waals surface area contributed by atoms with E-state index in [2.05, 4.69) is 5.10 Å². The van der Waals surface area contributed by atoms with Gasteiger partial charge in [-0.05, 0) is 20.3 Å². The lowest BCUT2D eigenvalue weighted by atomic mass is 10.4. The molecular formula is C10H18ClN3O2S. The average Bonchev–Trinajstić information content (AvgIpc) is 2.74. The molecule has 0 saturated heterocycles. The summed E-state index contributed by atoms with van der Waals surface area (Å²) in [7, 11) is -1.86. The Labute approximate surface area is 107 Å². The van der Waals surface area contributed by atoms with E-state index in [1.807, 2.05) is 13.8 Å². The minimum atomic E-state index is -3.43. The molecule has 0 aromatic carbocycles. The molecule has 98 valence electrons. The zero-order chi connectivity index (χ0) is 13.1. The topological polar surface area (TPSA) is 55.2 Å². The molecule has 0 bridgehead atoms. The molecule has 5 nitrogen and oxygen atoms in total. The van der Waals surface area contributed by atoms with Crippen molar-refractivity contribution in [3.05, 3.63) is 12.4 Å². The van der Waals surface area contributed by atoms with Gasteiger partial charge in [-0.15, -0.1) is 11.6 Å². The van der Waals surface area contributed by atoms with E-state index in [-0.39, 0.29) is 10.9 Å². The maximum absolute atomic E-state index is 12.1. The number of nitrogens with zero attached hydrogens (tertiary/aromatic N) is 3. The predicted molar refractivity (Wildman–Crippen MR) is 67.6 cm³/mol. The first-order valence-electron chi connectivity index (χ1n) is 5.46. The Bertz CT molecular complexity index is 456. The van der Waals surface area contributed by atoms with Crippen LogP contribution >= 0.6 is 11.6 Å². The Morgan fingerprint density at radius 3 is 2.71 bits per heavy atom. The normalized spacial score (nSPS) is 12.6. The molecule has 0 spiro atoms. The number of hydrogen-bond donors (Lipinski definition) is 0. The van der Waals surface area contributed by atoms with Crippen molar-refractivity contribution in [2.45, 2.75) is 37.8 Å². The molecule has 1 rings (SSSR count). The molecular weight excluding hydrogens is 262 g/mol. The van der Waals surface area contributed by atoms with E-state index in [4.69, 9.17) is 11.6 Å². The fraction of sp³-hybridized carbons (Fsp3) is 0.700. The van der Waals surface area contributed by atoms with Gasteiger partial charge in [-0.1, -0.05) is 0 Å². The molecule has 0 unspecified atom stereocenters. The number of aromatic nitrogens is 2. The molecule has 1 aromatic rings. The van der Waals surface area contributed by atoms with E-state index in [0.717, 1.165) is 6.42 Å². The van der Waals surface area contributed by atoms with Crippen LogP contribution in [0.3, 0.4) is 0 Å². The third kappa shape index (κ3) is 3.43. The highest BCUT2D eigenvalue weighted by Crippen LogP contribution is 2.15. The van der Waals surface area contributed by atoms with Gasteiger partial charge in [-0.3, -0.25) is 4.68 Å². The second-order valence-electron chi connectivity index (χ2n) is 4.10. The molecule has 0 amide bonds. The molecule has 0 aliphatic carbocycles. The first-order valence-corrected chi connectivity index (χ1v) is 7.43. The second kappa shape index (κ2) is 5.84. The van der Waals surface area contributed by atoms with Crippen LogP contribution in [-0.2, 0) is 16.6 Å². The lowest BCUT2D eigenvalue weighted by molar-refractivity contribution is 0.410. The SMILES string of the molecule is CC(C)N(C)S(=O)(=O)c1cnn(CCCCl)c1. The van der Waals surface area contributed by atoms with E-state index in [1.165, 1.54) is 10.5 Å². The van der Waals surface area contributed by atoms with Gasteiger partial charge in [0.2, 0.25) is 10.0 Å². The summed E-state index contributed by atoms with van der Waals surface area (Å²) >= 11 is 5.57. The largest absolute Gasteiger partial charge is 0.271 e. The van der Waals surface area contributed by atoms with Crippen molar-refractivity contribution >= 4 is 21.6 Å². The van der Waals surface area contributed by atoms with E-state index < -0.39 is 10.0 Å². The van der Waals surface area contributed by atoms with Crippen molar-refractivity contribution in [3.8, 4) is 0 Å². The molecule has 0 atom stereocenters. The summed E-state index contributed by atoms with van der Waals surface area (Å²) in [4.78, 5) is 0.225. The minimum Gasteiger partial charge on any atom is -0.271 e. The minimum absolute atomic E-state index is 0.0776. The highest BCUT2D eigenvalue weighted by Gasteiger charge is 2.24. The number of hydrogen-bond acceptors (Lipinski definition) is 3. The van der Waals surface area contributed by atoms with E-state index in [0.29, 0.717) is 12.4 Å². The first kappa shape index (κ1) is 14.5. The van der Waals surface area contributed by atoms with Gasteiger partial charge < -0.3 is 0 Å². The van der Waals surface area contributed by atoms with Crippen molar-refractivity contribution < 1.29 is 8.42 Å². The van der Waals surface area contributed by atoms with Gasteiger partial charge in [0.25, 0.3) is 0 Å². The van der Waals surface area contributed by atoms with Gasteiger partial charge in [0.1, 0.15) is 4.90 Å². The lowest BCUT2D eigenvalue weighted by Crippen LogP contribution is -2.32. The van der Waals surface area contributed by atoms with E-state index >= 15 is 0 Å². The molecule has 0 aliphatic heterocycles. The highest BCUT2D eigenvalue weighted by molar-refractivity contribution is 7.89. The summed E-state index contributed by atoms with van der Waals surface area (Å²) in [5.41, 5.74) is 0. The monoisotopic (exact) mass is 279 g/mol. The van der Waals surface area contributed by atoms with Gasteiger partial charge in [-0.2, -0.15) is 9.40 Å². The van der Waals surface area contributed by atoms with Crippen LogP contribution < -0.4 is 0 Å². The van der Waals surface area contributed by atoms with Gasteiger partial charge in [0.05, 0.1) is 6.20 Å². The van der Waals surface area contributed by atoms with Gasteiger partial charge >= 0.3 is 0 Å². The van der Waals surface area contributed by atoms with Gasteiger partial charge in [0, 0.05) is 31.7 Å². The van der Waals surface area contributed by atoms with Crippen LogP contribution in [0.4, 0.5) is 0 Å². The van der Waals surface area contributed by atoms with Crippen molar-refractivity contribution in [2.75, 3.05) is 12.9 Å². The molecule has 1 heterocycles. The van der Waals surface area contributed by atoms with Gasteiger partial charge in [0.15, 0.2) is 0 Å². The molecule has 7 heteroatoms. The summed E-state index contributed by atoms with van der Waals surface area (Å²) < 4.78 is 27.1. The van der Waals surface area contributed by atoms with Crippen LogP contribution in [0.25, 0.3) is 0 Å². The number of halogens is 1. The predicted octanol–water partition coefficient (Wildman–Crippen LogP) is 1.54. The number of aryl methyl sites for hydroxylation is 1. The lowest BCUT2D eigenvalue weighted by Gasteiger charge is -2.19. The maximum atomic E-state index is 12.1. The smallest absolute Gasteiger partial charge is 0.246 e. The summed E-state index contributed by atoms with van der Waals surface area (Å²) in [6.07, 6.45) is 3.69. The van der Waals surface area contributed by atoms with Crippen LogP contribution in [0.5, 0.6) is 0 Å². The quantitative estimate of drug-likeness (QED) is 0.742. The molecule has 0 fully saturated rings. The number of sulfonamides is 1. The Morgan fingerprint density at radius 1 is 1.53 bits per heavy atom. The van der Waals surface area contributed by atoms with Crippen LogP contribution in [-0.4, -0.2) is 41.5 Å². The third-order valence-corrected chi connectivity index (χ3v) is 4.79. The maximum Gasteiger partial charge on any atom is 0.246 e. The average molecular weight is 280 g/mol. The molecule has 0 radical (unpaired) electrons. The second-order valence-corrected chi connectivity index (χ2v) is 6.47. The van der Waals surface area contributed by atoms with Crippen molar-refractivity contribution in [1.82, 2.24) is 14.1 Å². The van der Waals surface area contributed by atoms with Crippen LogP contribution in [0, 0.1) is 0 Å². The van der Waals surface area contributed by atoms with E-state index in [9.17, 15) is 8.42 Å². The van der Waals surface area contributed by atoms with Crippen molar-refractivity contribution in [1.29, 1.82) is 0 Å². The van der Waals surface area contributed by atoms with Gasteiger partial charge in [-0.25, -0.2) is 8.42 Å². The standard InChI is InChI=1S/C10H18ClN3O2S/c1-9(2)13(3)17(15,16)10-7-12-14(8-10)6-4-5-11/h7-9H,4-6H2,1-3H3. The third-order valence-electron chi connectivity index (χ3n) is 2.53. The zero-order valence-corrected chi connectivity index (χ0v) is 11.9. The summed E-state index contributed by atoms with van der Waals surface area (Å²) in [5.74, 6) is 0.536.